The van der Waals surface area contributed by atoms with Gasteiger partial charge in [0.2, 0.25) is 0 Å². The van der Waals surface area contributed by atoms with Gasteiger partial charge in [-0.25, -0.2) is 0 Å². The summed E-state index contributed by atoms with van der Waals surface area (Å²) < 4.78 is 11.1. The molecule has 0 aliphatic rings. The number of rotatable bonds is 6. The van der Waals surface area contributed by atoms with E-state index in [0.717, 1.165) is 5.75 Å². The molecule has 2 aromatic rings. The van der Waals surface area contributed by atoms with Crippen LogP contribution in [-0.4, -0.2) is 17.7 Å². The molecule has 1 unspecified atom stereocenters. The van der Waals surface area contributed by atoms with Gasteiger partial charge in [-0.3, -0.25) is 4.79 Å². The van der Waals surface area contributed by atoms with Crippen LogP contribution >= 0.6 is 0 Å². The van der Waals surface area contributed by atoms with Gasteiger partial charge in [0.05, 0.1) is 5.92 Å². The molecule has 0 radical (unpaired) electrons. The maximum atomic E-state index is 10.7. The number of ether oxygens (including phenoxy) is 2. The van der Waals surface area contributed by atoms with Gasteiger partial charge in [-0.15, -0.1) is 0 Å². The van der Waals surface area contributed by atoms with Gasteiger partial charge in [-0.2, -0.15) is 0 Å². The third-order valence-electron chi connectivity index (χ3n) is 3.00. The molecule has 2 rings (SSSR count). The van der Waals surface area contributed by atoms with Gasteiger partial charge in [-0.05, 0) is 50.2 Å². The third-order valence-corrected chi connectivity index (χ3v) is 3.00. The van der Waals surface area contributed by atoms with E-state index in [0.29, 0.717) is 11.5 Å². The highest BCUT2D eigenvalue weighted by Gasteiger charge is 2.11. The average Bonchev–Trinajstić information content (AvgIpc) is 2.48. The monoisotopic (exact) mass is 286 g/mol. The molecule has 0 aliphatic carbocycles. The Labute approximate surface area is 123 Å². The molecule has 0 heterocycles. The van der Waals surface area contributed by atoms with Crippen LogP contribution in [0, 0.1) is 12.8 Å². The van der Waals surface area contributed by atoms with Crippen molar-refractivity contribution in [2.45, 2.75) is 13.8 Å². The molecule has 110 valence electrons. The molecule has 4 nitrogen and oxygen atoms in total. The maximum Gasteiger partial charge on any atom is 0.309 e. The average molecular weight is 286 g/mol. The summed E-state index contributed by atoms with van der Waals surface area (Å²) >= 11 is 0. The molecule has 1 atom stereocenters. The predicted molar refractivity (Wildman–Crippen MR) is 80.0 cm³/mol. The van der Waals surface area contributed by atoms with Crippen LogP contribution in [0.5, 0.6) is 17.2 Å². The van der Waals surface area contributed by atoms with Crippen molar-refractivity contribution in [1.29, 1.82) is 0 Å². The molecule has 0 fully saturated rings. The van der Waals surface area contributed by atoms with Gasteiger partial charge in [0.15, 0.2) is 0 Å². The summed E-state index contributed by atoms with van der Waals surface area (Å²) in [6.45, 7) is 3.78. The molecule has 0 saturated carbocycles. The first-order valence-electron chi connectivity index (χ1n) is 6.75. The van der Waals surface area contributed by atoms with Crippen LogP contribution in [0.2, 0.25) is 0 Å². The number of carboxylic acid groups (broad SMARTS) is 1. The molecule has 0 saturated heterocycles. The molecular weight excluding hydrogens is 268 g/mol. The molecule has 0 amide bonds. The molecule has 0 aliphatic heterocycles. The standard InChI is InChI=1S/C17H18O4/c1-12-3-5-15(6-4-12)21-16-9-7-14(8-10-16)20-11-13(2)17(18)19/h3-10,13H,11H2,1-2H3,(H,18,19). The molecule has 4 heteroatoms. The zero-order valence-corrected chi connectivity index (χ0v) is 12.1. The van der Waals surface area contributed by atoms with E-state index < -0.39 is 11.9 Å². The van der Waals surface area contributed by atoms with Crippen molar-refractivity contribution < 1.29 is 19.4 Å². The van der Waals surface area contributed by atoms with Crippen LogP contribution in [-0.2, 0) is 4.79 Å². The fraction of sp³-hybridized carbons (Fsp3) is 0.235. The van der Waals surface area contributed by atoms with Gasteiger partial charge >= 0.3 is 5.97 Å². The minimum absolute atomic E-state index is 0.146. The lowest BCUT2D eigenvalue weighted by Crippen LogP contribution is -2.17. The van der Waals surface area contributed by atoms with Gasteiger partial charge in [0.25, 0.3) is 0 Å². The Morgan fingerprint density at radius 3 is 2.00 bits per heavy atom. The molecule has 0 aromatic heterocycles. The Morgan fingerprint density at radius 2 is 1.48 bits per heavy atom. The minimum atomic E-state index is -0.866. The lowest BCUT2D eigenvalue weighted by Gasteiger charge is -2.10. The summed E-state index contributed by atoms with van der Waals surface area (Å²) in [6, 6.07) is 14.9. The molecule has 0 spiro atoms. The summed E-state index contributed by atoms with van der Waals surface area (Å²) in [5.74, 6) is 0.702. The number of carbonyl (C=O) groups is 1. The van der Waals surface area contributed by atoms with E-state index in [1.54, 1.807) is 31.2 Å². The van der Waals surface area contributed by atoms with Crippen molar-refractivity contribution >= 4 is 5.97 Å². The lowest BCUT2D eigenvalue weighted by atomic mass is 10.2. The summed E-state index contributed by atoms with van der Waals surface area (Å²) in [4.78, 5) is 10.7. The van der Waals surface area contributed by atoms with E-state index in [-0.39, 0.29) is 6.61 Å². The Hall–Kier alpha value is -2.49. The van der Waals surface area contributed by atoms with E-state index in [1.165, 1.54) is 5.56 Å². The van der Waals surface area contributed by atoms with Crippen molar-refractivity contribution in [3.8, 4) is 17.2 Å². The zero-order valence-electron chi connectivity index (χ0n) is 12.1. The topological polar surface area (TPSA) is 55.8 Å². The smallest absolute Gasteiger partial charge is 0.309 e. The second-order valence-electron chi connectivity index (χ2n) is 4.94. The summed E-state index contributed by atoms with van der Waals surface area (Å²) in [5.41, 5.74) is 1.18. The first kappa shape index (κ1) is 14.9. The zero-order chi connectivity index (χ0) is 15.2. The van der Waals surface area contributed by atoms with Crippen LogP contribution in [0.3, 0.4) is 0 Å². The van der Waals surface area contributed by atoms with Crippen molar-refractivity contribution in [2.75, 3.05) is 6.61 Å². The molecule has 0 bridgehead atoms. The van der Waals surface area contributed by atoms with Crippen molar-refractivity contribution in [3.63, 3.8) is 0 Å². The predicted octanol–water partition coefficient (Wildman–Crippen LogP) is 3.89. The number of hydrogen-bond acceptors (Lipinski definition) is 3. The van der Waals surface area contributed by atoms with Crippen molar-refractivity contribution in [1.82, 2.24) is 0 Å². The number of aliphatic carboxylic acids is 1. The van der Waals surface area contributed by atoms with Gasteiger partial charge in [0.1, 0.15) is 23.9 Å². The van der Waals surface area contributed by atoms with Gasteiger partial charge in [0, 0.05) is 0 Å². The second kappa shape index (κ2) is 6.79. The van der Waals surface area contributed by atoms with Gasteiger partial charge < -0.3 is 14.6 Å². The number of hydrogen-bond donors (Lipinski definition) is 1. The van der Waals surface area contributed by atoms with E-state index in [1.807, 2.05) is 31.2 Å². The van der Waals surface area contributed by atoms with E-state index in [2.05, 4.69) is 0 Å². The molecular formula is C17H18O4. The van der Waals surface area contributed by atoms with Crippen LogP contribution in [0.25, 0.3) is 0 Å². The molecule has 2 aromatic carbocycles. The van der Waals surface area contributed by atoms with Gasteiger partial charge in [-0.1, -0.05) is 17.7 Å². The fourth-order valence-electron chi connectivity index (χ4n) is 1.64. The van der Waals surface area contributed by atoms with E-state index in [9.17, 15) is 4.79 Å². The first-order valence-corrected chi connectivity index (χ1v) is 6.75. The summed E-state index contributed by atoms with van der Waals surface area (Å²) in [6.07, 6.45) is 0. The molecule has 1 N–H and O–H groups in total. The summed E-state index contributed by atoms with van der Waals surface area (Å²) in [5, 5.41) is 8.79. The highest BCUT2D eigenvalue weighted by molar-refractivity contribution is 5.69. The fourth-order valence-corrected chi connectivity index (χ4v) is 1.64. The number of aryl methyl sites for hydroxylation is 1. The minimum Gasteiger partial charge on any atom is -0.493 e. The third kappa shape index (κ3) is 4.53. The van der Waals surface area contributed by atoms with Crippen molar-refractivity contribution in [2.24, 2.45) is 5.92 Å². The van der Waals surface area contributed by atoms with Crippen molar-refractivity contribution in [3.05, 3.63) is 54.1 Å². The van der Waals surface area contributed by atoms with Crippen LogP contribution < -0.4 is 9.47 Å². The van der Waals surface area contributed by atoms with Crippen LogP contribution in [0.1, 0.15) is 12.5 Å². The van der Waals surface area contributed by atoms with Crippen LogP contribution in [0.15, 0.2) is 48.5 Å². The maximum absolute atomic E-state index is 10.7. The highest BCUT2D eigenvalue weighted by atomic mass is 16.5. The van der Waals surface area contributed by atoms with E-state index >= 15 is 0 Å². The Bertz CT molecular complexity index is 587. The van der Waals surface area contributed by atoms with Crippen LogP contribution in [0.4, 0.5) is 0 Å². The largest absolute Gasteiger partial charge is 0.493 e. The normalized spacial score (nSPS) is 11.7. The molecule has 21 heavy (non-hydrogen) atoms. The summed E-state index contributed by atoms with van der Waals surface area (Å²) in [7, 11) is 0. The van der Waals surface area contributed by atoms with E-state index in [4.69, 9.17) is 14.6 Å². The quantitative estimate of drug-likeness (QED) is 0.875. The Balaban J connectivity index is 1.92. The lowest BCUT2D eigenvalue weighted by molar-refractivity contribution is -0.142. The Morgan fingerprint density at radius 1 is 1.00 bits per heavy atom. The number of benzene rings is 2. The first-order chi connectivity index (χ1) is 10.0. The number of carboxylic acids is 1. The Kier molecular flexibility index (Phi) is 4.82. The SMILES string of the molecule is Cc1ccc(Oc2ccc(OCC(C)C(=O)O)cc2)cc1. The highest BCUT2D eigenvalue weighted by Crippen LogP contribution is 2.24. The second-order valence-corrected chi connectivity index (χ2v) is 4.94.